The molecule has 24 heavy (non-hydrogen) atoms. The van der Waals surface area contributed by atoms with Gasteiger partial charge < -0.3 is 9.47 Å². The number of carbonyl (C=O) groups excluding carboxylic acids is 2. The van der Waals surface area contributed by atoms with Crippen molar-refractivity contribution in [3.63, 3.8) is 0 Å². The summed E-state index contributed by atoms with van der Waals surface area (Å²) in [7, 11) is 1.54. The van der Waals surface area contributed by atoms with E-state index in [9.17, 15) is 9.59 Å². The van der Waals surface area contributed by atoms with Gasteiger partial charge in [0.1, 0.15) is 5.57 Å². The van der Waals surface area contributed by atoms with Gasteiger partial charge in [0.2, 0.25) is 0 Å². The standard InChI is InChI=1S/C17H20N2O4S/c1-5-19-16(21)12(15(20)18-17(19)24)9-11-7-6-8-13(22-4)14(11)23-10(2)3/h6-10H,5H2,1-4H3,(H,18,20,24)/b12-9+. The lowest BCUT2D eigenvalue weighted by Gasteiger charge is -2.27. The molecule has 0 spiro atoms. The van der Waals surface area contributed by atoms with Crippen LogP contribution in [-0.2, 0) is 9.59 Å². The number of rotatable bonds is 5. The topological polar surface area (TPSA) is 67.9 Å². The average molecular weight is 348 g/mol. The summed E-state index contributed by atoms with van der Waals surface area (Å²) in [5.41, 5.74) is 0.595. The highest BCUT2D eigenvalue weighted by molar-refractivity contribution is 7.80. The average Bonchev–Trinajstić information content (AvgIpc) is 2.52. The van der Waals surface area contributed by atoms with Crippen LogP contribution >= 0.6 is 12.2 Å². The van der Waals surface area contributed by atoms with Crippen molar-refractivity contribution in [3.8, 4) is 11.5 Å². The molecule has 0 unspecified atom stereocenters. The predicted octanol–water partition coefficient (Wildman–Crippen LogP) is 2.13. The Balaban J connectivity index is 2.51. The molecule has 1 aliphatic heterocycles. The Morgan fingerprint density at radius 1 is 1.33 bits per heavy atom. The monoisotopic (exact) mass is 348 g/mol. The van der Waals surface area contributed by atoms with Crippen molar-refractivity contribution < 1.29 is 19.1 Å². The van der Waals surface area contributed by atoms with Crippen molar-refractivity contribution in [1.82, 2.24) is 10.2 Å². The lowest BCUT2D eigenvalue weighted by Crippen LogP contribution is -2.53. The smallest absolute Gasteiger partial charge is 0.265 e. The van der Waals surface area contributed by atoms with Crippen molar-refractivity contribution in [1.29, 1.82) is 0 Å². The number of thiocarbonyl (C=S) groups is 1. The molecule has 1 fully saturated rings. The Morgan fingerprint density at radius 3 is 2.62 bits per heavy atom. The first-order chi connectivity index (χ1) is 11.4. The summed E-state index contributed by atoms with van der Waals surface area (Å²) in [6.45, 7) is 5.94. The number of likely N-dealkylation sites (N-methyl/N-ethyl adjacent to an activating group) is 1. The molecular formula is C17H20N2O4S. The lowest BCUT2D eigenvalue weighted by atomic mass is 10.1. The van der Waals surface area contributed by atoms with Gasteiger partial charge in [-0.05, 0) is 45.1 Å². The summed E-state index contributed by atoms with van der Waals surface area (Å²) in [4.78, 5) is 26.0. The SMILES string of the molecule is CCN1C(=O)/C(=C/c2cccc(OC)c2OC(C)C)C(=O)NC1=S. The van der Waals surface area contributed by atoms with Gasteiger partial charge in [-0.25, -0.2) is 0 Å². The maximum absolute atomic E-state index is 12.5. The molecule has 6 nitrogen and oxygen atoms in total. The maximum Gasteiger partial charge on any atom is 0.265 e. The van der Waals surface area contributed by atoms with Crippen LogP contribution in [-0.4, -0.2) is 41.6 Å². The summed E-state index contributed by atoms with van der Waals surface area (Å²) >= 11 is 5.02. The Bertz CT molecular complexity index is 713. The number of amides is 2. The van der Waals surface area contributed by atoms with Crippen LogP contribution in [0.4, 0.5) is 0 Å². The van der Waals surface area contributed by atoms with E-state index in [1.165, 1.54) is 18.1 Å². The van der Waals surface area contributed by atoms with Gasteiger partial charge >= 0.3 is 0 Å². The summed E-state index contributed by atoms with van der Waals surface area (Å²) in [6.07, 6.45) is 1.41. The zero-order chi connectivity index (χ0) is 17.9. The van der Waals surface area contributed by atoms with Gasteiger partial charge in [-0.15, -0.1) is 0 Å². The number of para-hydroxylation sites is 1. The van der Waals surface area contributed by atoms with Crippen molar-refractivity contribution >= 4 is 35.2 Å². The van der Waals surface area contributed by atoms with Crippen LogP contribution in [0.5, 0.6) is 11.5 Å². The third-order valence-electron chi connectivity index (χ3n) is 3.38. The fourth-order valence-corrected chi connectivity index (χ4v) is 2.61. The van der Waals surface area contributed by atoms with E-state index in [0.717, 1.165) is 0 Å². The maximum atomic E-state index is 12.5. The summed E-state index contributed by atoms with van der Waals surface area (Å²) in [5.74, 6) is 0.0708. The molecule has 0 bridgehead atoms. The van der Waals surface area contributed by atoms with E-state index in [-0.39, 0.29) is 16.8 Å². The Hall–Kier alpha value is -2.41. The number of ether oxygens (including phenoxy) is 2. The molecule has 0 radical (unpaired) electrons. The largest absolute Gasteiger partial charge is 0.493 e. The molecule has 2 amide bonds. The predicted molar refractivity (Wildman–Crippen MR) is 94.9 cm³/mol. The van der Waals surface area contributed by atoms with Crippen molar-refractivity contribution in [3.05, 3.63) is 29.3 Å². The summed E-state index contributed by atoms with van der Waals surface area (Å²) in [5, 5.41) is 2.65. The zero-order valence-electron chi connectivity index (χ0n) is 14.1. The molecule has 1 aromatic carbocycles. The van der Waals surface area contributed by atoms with E-state index in [2.05, 4.69) is 5.32 Å². The Kier molecular flexibility index (Phi) is 5.56. The van der Waals surface area contributed by atoms with E-state index in [4.69, 9.17) is 21.7 Å². The van der Waals surface area contributed by atoms with E-state index in [0.29, 0.717) is 23.6 Å². The number of nitrogens with zero attached hydrogens (tertiary/aromatic N) is 1. The van der Waals surface area contributed by atoms with Crippen molar-refractivity contribution in [2.45, 2.75) is 26.9 Å². The minimum absolute atomic E-state index is 0.00677. The van der Waals surface area contributed by atoms with Crippen LogP contribution in [0.2, 0.25) is 0 Å². The zero-order valence-corrected chi connectivity index (χ0v) is 14.9. The number of hydrogen-bond acceptors (Lipinski definition) is 5. The highest BCUT2D eigenvalue weighted by Gasteiger charge is 2.32. The molecule has 1 N–H and O–H groups in total. The first kappa shape index (κ1) is 17.9. The molecule has 0 aliphatic carbocycles. The molecule has 2 rings (SSSR count). The molecule has 0 atom stereocenters. The third-order valence-corrected chi connectivity index (χ3v) is 3.71. The molecule has 1 aromatic rings. The molecule has 128 valence electrons. The van der Waals surface area contributed by atoms with Crippen LogP contribution in [0.1, 0.15) is 26.3 Å². The fraction of sp³-hybridized carbons (Fsp3) is 0.353. The molecule has 0 aromatic heterocycles. The number of hydrogen-bond donors (Lipinski definition) is 1. The van der Waals surface area contributed by atoms with Gasteiger partial charge in [0.05, 0.1) is 13.2 Å². The molecular weight excluding hydrogens is 328 g/mol. The number of methoxy groups -OCH3 is 1. The number of nitrogens with one attached hydrogen (secondary N) is 1. The van der Waals surface area contributed by atoms with Gasteiger partial charge in [-0.2, -0.15) is 0 Å². The van der Waals surface area contributed by atoms with Gasteiger partial charge in [-0.3, -0.25) is 19.8 Å². The van der Waals surface area contributed by atoms with Crippen LogP contribution in [0, 0.1) is 0 Å². The minimum atomic E-state index is -0.520. The van der Waals surface area contributed by atoms with E-state index in [1.807, 2.05) is 13.8 Å². The van der Waals surface area contributed by atoms with Crippen LogP contribution < -0.4 is 14.8 Å². The normalized spacial score (nSPS) is 16.6. The Morgan fingerprint density at radius 2 is 2.04 bits per heavy atom. The molecule has 7 heteroatoms. The van der Waals surface area contributed by atoms with E-state index in [1.54, 1.807) is 25.1 Å². The summed E-state index contributed by atoms with van der Waals surface area (Å²) < 4.78 is 11.1. The lowest BCUT2D eigenvalue weighted by molar-refractivity contribution is -0.128. The van der Waals surface area contributed by atoms with Gasteiger partial charge in [0.25, 0.3) is 11.8 Å². The first-order valence-electron chi connectivity index (χ1n) is 7.61. The third kappa shape index (κ3) is 3.56. The molecule has 0 saturated carbocycles. The highest BCUT2D eigenvalue weighted by atomic mass is 32.1. The second-order valence-electron chi connectivity index (χ2n) is 5.41. The van der Waals surface area contributed by atoms with Gasteiger partial charge in [-0.1, -0.05) is 12.1 Å². The molecule has 1 heterocycles. The van der Waals surface area contributed by atoms with Crippen molar-refractivity contribution in [2.75, 3.05) is 13.7 Å². The van der Waals surface area contributed by atoms with E-state index < -0.39 is 11.8 Å². The van der Waals surface area contributed by atoms with E-state index >= 15 is 0 Å². The van der Waals surface area contributed by atoms with Crippen LogP contribution in [0.15, 0.2) is 23.8 Å². The second kappa shape index (κ2) is 7.44. The quantitative estimate of drug-likeness (QED) is 0.502. The molecule has 1 aliphatic rings. The van der Waals surface area contributed by atoms with Gasteiger partial charge in [0, 0.05) is 12.1 Å². The highest BCUT2D eigenvalue weighted by Crippen LogP contribution is 2.33. The fourth-order valence-electron chi connectivity index (χ4n) is 2.31. The first-order valence-corrected chi connectivity index (χ1v) is 8.02. The minimum Gasteiger partial charge on any atom is -0.493 e. The van der Waals surface area contributed by atoms with Gasteiger partial charge in [0.15, 0.2) is 16.6 Å². The Labute approximate surface area is 146 Å². The second-order valence-corrected chi connectivity index (χ2v) is 5.80. The van der Waals surface area contributed by atoms with Crippen molar-refractivity contribution in [2.24, 2.45) is 0 Å². The summed E-state index contributed by atoms with van der Waals surface area (Å²) in [6, 6.07) is 5.29. The van der Waals surface area contributed by atoms with Crippen LogP contribution in [0.3, 0.4) is 0 Å². The van der Waals surface area contributed by atoms with Crippen LogP contribution in [0.25, 0.3) is 6.08 Å². The number of benzene rings is 1. The molecule has 1 saturated heterocycles. The number of carbonyl (C=O) groups is 2.